The second-order valence-electron chi connectivity index (χ2n) is 4.73. The molecule has 1 aromatic rings. The lowest BCUT2D eigenvalue weighted by atomic mass is 10.1. The summed E-state index contributed by atoms with van der Waals surface area (Å²) in [6.45, 7) is 3.37. The van der Waals surface area contributed by atoms with E-state index in [1.807, 2.05) is 19.1 Å². The summed E-state index contributed by atoms with van der Waals surface area (Å²) in [7, 11) is 1.39. The monoisotopic (exact) mass is 264 g/mol. The van der Waals surface area contributed by atoms with Gasteiger partial charge in [0.2, 0.25) is 0 Å². The molecule has 19 heavy (non-hydrogen) atoms. The molecule has 1 aliphatic heterocycles. The van der Waals surface area contributed by atoms with Crippen molar-refractivity contribution in [1.29, 1.82) is 0 Å². The maximum absolute atomic E-state index is 11.8. The summed E-state index contributed by atoms with van der Waals surface area (Å²) in [4.78, 5) is 16.1. The van der Waals surface area contributed by atoms with Gasteiger partial charge in [-0.1, -0.05) is 6.07 Å². The van der Waals surface area contributed by atoms with E-state index >= 15 is 0 Å². The third kappa shape index (κ3) is 3.75. The number of ether oxygens (including phenoxy) is 2. The summed E-state index contributed by atoms with van der Waals surface area (Å²) in [6, 6.07) is 3.30. The topological polar surface area (TPSA) is 60.5 Å². The van der Waals surface area contributed by atoms with Crippen molar-refractivity contribution in [3.05, 3.63) is 29.6 Å². The van der Waals surface area contributed by atoms with Crippen LogP contribution in [0.5, 0.6) is 0 Å². The minimum atomic E-state index is -0.484. The summed E-state index contributed by atoms with van der Waals surface area (Å²) in [6.07, 6.45) is 4.01. The molecule has 1 aromatic heterocycles. The van der Waals surface area contributed by atoms with E-state index in [1.54, 1.807) is 6.20 Å². The molecule has 0 bridgehead atoms. The number of pyridine rings is 1. The predicted octanol–water partition coefficient (Wildman–Crippen LogP) is 1.37. The molecule has 2 atom stereocenters. The molecule has 0 radical (unpaired) electrons. The van der Waals surface area contributed by atoms with Crippen LogP contribution in [-0.4, -0.2) is 37.3 Å². The molecule has 5 nitrogen and oxygen atoms in total. The number of nitrogens with zero attached hydrogens (tertiary/aromatic N) is 1. The zero-order chi connectivity index (χ0) is 13.7. The zero-order valence-corrected chi connectivity index (χ0v) is 11.4. The number of rotatable bonds is 5. The Morgan fingerprint density at radius 2 is 2.47 bits per heavy atom. The van der Waals surface area contributed by atoms with Gasteiger partial charge in [0, 0.05) is 25.0 Å². The van der Waals surface area contributed by atoms with E-state index in [4.69, 9.17) is 9.47 Å². The summed E-state index contributed by atoms with van der Waals surface area (Å²) in [5.41, 5.74) is 1.74. The van der Waals surface area contributed by atoms with Gasteiger partial charge in [0.05, 0.1) is 13.2 Å². The SMILES string of the molecule is COC(=O)C(NCC1CCCO1)c1ccc(C)nc1. The Labute approximate surface area is 113 Å². The fraction of sp³-hybridized carbons (Fsp3) is 0.571. The highest BCUT2D eigenvalue weighted by molar-refractivity contribution is 5.77. The van der Waals surface area contributed by atoms with E-state index in [1.165, 1.54) is 7.11 Å². The standard InChI is InChI=1S/C14H20N2O3/c1-10-5-6-11(8-15-10)13(14(17)18-2)16-9-12-4-3-7-19-12/h5-6,8,12-13,16H,3-4,7,9H2,1-2H3. The van der Waals surface area contributed by atoms with Gasteiger partial charge < -0.3 is 9.47 Å². The van der Waals surface area contributed by atoms with Crippen molar-refractivity contribution >= 4 is 5.97 Å². The van der Waals surface area contributed by atoms with Gasteiger partial charge in [-0.3, -0.25) is 10.3 Å². The highest BCUT2D eigenvalue weighted by Crippen LogP contribution is 2.16. The van der Waals surface area contributed by atoms with Crippen molar-refractivity contribution in [2.45, 2.75) is 31.9 Å². The lowest BCUT2D eigenvalue weighted by Gasteiger charge is -2.19. The first-order valence-electron chi connectivity index (χ1n) is 6.56. The first-order chi connectivity index (χ1) is 9.20. The Bertz CT molecular complexity index is 413. The molecule has 0 aliphatic carbocycles. The maximum atomic E-state index is 11.8. The normalized spacial score (nSPS) is 20.2. The number of carbonyl (C=O) groups excluding carboxylic acids is 1. The first kappa shape index (κ1) is 14.0. The van der Waals surface area contributed by atoms with Crippen molar-refractivity contribution < 1.29 is 14.3 Å². The average molecular weight is 264 g/mol. The lowest BCUT2D eigenvalue weighted by Crippen LogP contribution is -2.35. The lowest BCUT2D eigenvalue weighted by molar-refractivity contribution is -0.143. The van der Waals surface area contributed by atoms with Crippen LogP contribution in [0, 0.1) is 6.92 Å². The minimum Gasteiger partial charge on any atom is -0.468 e. The number of aryl methyl sites for hydroxylation is 1. The Morgan fingerprint density at radius 3 is 3.05 bits per heavy atom. The van der Waals surface area contributed by atoms with Gasteiger partial charge >= 0.3 is 5.97 Å². The molecular formula is C14H20N2O3. The number of esters is 1. The third-order valence-corrected chi connectivity index (χ3v) is 3.28. The molecular weight excluding hydrogens is 244 g/mol. The van der Waals surface area contributed by atoms with Crippen LogP contribution >= 0.6 is 0 Å². The van der Waals surface area contributed by atoms with Gasteiger partial charge in [0.1, 0.15) is 6.04 Å². The van der Waals surface area contributed by atoms with Crippen molar-refractivity contribution in [3.8, 4) is 0 Å². The number of hydrogen-bond donors (Lipinski definition) is 1. The summed E-state index contributed by atoms with van der Waals surface area (Å²) in [5, 5.41) is 3.21. The van der Waals surface area contributed by atoms with Crippen LogP contribution in [-0.2, 0) is 14.3 Å². The third-order valence-electron chi connectivity index (χ3n) is 3.28. The molecule has 5 heteroatoms. The molecule has 0 saturated carbocycles. The number of nitrogens with one attached hydrogen (secondary N) is 1. The predicted molar refractivity (Wildman–Crippen MR) is 70.7 cm³/mol. The van der Waals surface area contributed by atoms with Gasteiger partial charge in [0.15, 0.2) is 0 Å². The quantitative estimate of drug-likeness (QED) is 0.814. The van der Waals surface area contributed by atoms with E-state index in [0.29, 0.717) is 6.54 Å². The van der Waals surface area contributed by atoms with Gasteiger partial charge in [-0.05, 0) is 31.4 Å². The molecule has 0 aromatic carbocycles. The largest absolute Gasteiger partial charge is 0.468 e. The van der Waals surface area contributed by atoms with Crippen LogP contribution < -0.4 is 5.32 Å². The molecule has 1 fully saturated rings. The van der Waals surface area contributed by atoms with Gasteiger partial charge in [0.25, 0.3) is 0 Å². The van der Waals surface area contributed by atoms with Crippen molar-refractivity contribution in [1.82, 2.24) is 10.3 Å². The first-order valence-corrected chi connectivity index (χ1v) is 6.56. The fourth-order valence-electron chi connectivity index (χ4n) is 2.16. The number of methoxy groups -OCH3 is 1. The van der Waals surface area contributed by atoms with E-state index in [-0.39, 0.29) is 12.1 Å². The summed E-state index contributed by atoms with van der Waals surface area (Å²) >= 11 is 0. The van der Waals surface area contributed by atoms with Crippen LogP contribution in [0.1, 0.15) is 30.1 Å². The number of carbonyl (C=O) groups is 1. The van der Waals surface area contributed by atoms with E-state index in [2.05, 4.69) is 10.3 Å². The Hall–Kier alpha value is -1.46. The second-order valence-corrected chi connectivity index (χ2v) is 4.73. The molecule has 0 spiro atoms. The molecule has 104 valence electrons. The van der Waals surface area contributed by atoms with E-state index in [9.17, 15) is 4.79 Å². The van der Waals surface area contributed by atoms with Crippen molar-refractivity contribution in [2.75, 3.05) is 20.3 Å². The van der Waals surface area contributed by atoms with E-state index in [0.717, 1.165) is 30.7 Å². The van der Waals surface area contributed by atoms with Crippen LogP contribution in [0.15, 0.2) is 18.3 Å². The average Bonchev–Trinajstić information content (AvgIpc) is 2.93. The highest BCUT2D eigenvalue weighted by atomic mass is 16.5. The van der Waals surface area contributed by atoms with Gasteiger partial charge in [-0.2, -0.15) is 0 Å². The van der Waals surface area contributed by atoms with Gasteiger partial charge in [-0.25, -0.2) is 4.79 Å². The Balaban J connectivity index is 2.02. The fourth-order valence-corrected chi connectivity index (χ4v) is 2.16. The summed E-state index contributed by atoms with van der Waals surface area (Å²) < 4.78 is 10.4. The van der Waals surface area contributed by atoms with Crippen LogP contribution in [0.3, 0.4) is 0 Å². The smallest absolute Gasteiger partial charge is 0.327 e. The number of hydrogen-bond acceptors (Lipinski definition) is 5. The van der Waals surface area contributed by atoms with Crippen molar-refractivity contribution in [2.24, 2.45) is 0 Å². The highest BCUT2D eigenvalue weighted by Gasteiger charge is 2.24. The van der Waals surface area contributed by atoms with Crippen LogP contribution in [0.2, 0.25) is 0 Å². The van der Waals surface area contributed by atoms with Crippen molar-refractivity contribution in [3.63, 3.8) is 0 Å². The molecule has 2 rings (SSSR count). The van der Waals surface area contributed by atoms with Crippen LogP contribution in [0.4, 0.5) is 0 Å². The molecule has 1 saturated heterocycles. The van der Waals surface area contributed by atoms with Gasteiger partial charge in [-0.15, -0.1) is 0 Å². The Morgan fingerprint density at radius 1 is 1.63 bits per heavy atom. The molecule has 0 amide bonds. The maximum Gasteiger partial charge on any atom is 0.327 e. The minimum absolute atomic E-state index is 0.186. The zero-order valence-electron chi connectivity index (χ0n) is 11.4. The molecule has 2 unspecified atom stereocenters. The molecule has 2 heterocycles. The van der Waals surface area contributed by atoms with Crippen LogP contribution in [0.25, 0.3) is 0 Å². The molecule has 1 N–H and O–H groups in total. The summed E-state index contributed by atoms with van der Waals surface area (Å²) in [5.74, 6) is -0.302. The second kappa shape index (κ2) is 6.63. The number of aromatic nitrogens is 1. The molecule has 1 aliphatic rings. The Kier molecular flexibility index (Phi) is 4.87. The van der Waals surface area contributed by atoms with E-state index < -0.39 is 6.04 Å².